The molecule has 0 bridgehead atoms. The summed E-state index contributed by atoms with van der Waals surface area (Å²) in [5, 5.41) is 19.5. The third kappa shape index (κ3) is 10.7. The van der Waals surface area contributed by atoms with Crippen molar-refractivity contribution in [1.29, 1.82) is 0 Å². The lowest BCUT2D eigenvalue weighted by molar-refractivity contribution is -0.144. The summed E-state index contributed by atoms with van der Waals surface area (Å²) in [7, 11) is 0. The van der Waals surface area contributed by atoms with Crippen LogP contribution in [0.15, 0.2) is 29.8 Å². The van der Waals surface area contributed by atoms with E-state index in [9.17, 15) is 19.5 Å². The van der Waals surface area contributed by atoms with E-state index in [0.29, 0.717) is 13.2 Å². The van der Waals surface area contributed by atoms with Crippen LogP contribution in [0.1, 0.15) is 57.7 Å². The molecule has 1 aromatic carbocycles. The Morgan fingerprint density at radius 2 is 1.84 bits per heavy atom. The Labute approximate surface area is 276 Å². The molecule has 2 aliphatic rings. The molecule has 0 radical (unpaired) electrons. The van der Waals surface area contributed by atoms with Gasteiger partial charge in [-0.3, -0.25) is 14.4 Å². The third-order valence-electron chi connectivity index (χ3n) is 8.05. The first-order valence-electron chi connectivity index (χ1n) is 15.5. The van der Waals surface area contributed by atoms with Crippen molar-refractivity contribution < 1.29 is 29.0 Å². The lowest BCUT2D eigenvalue weighted by Crippen LogP contribution is -2.57. The molecule has 2 aromatic rings. The second-order valence-electron chi connectivity index (χ2n) is 12.6. The number of aliphatic hydroxyl groups is 1. The molecule has 2 fully saturated rings. The number of carbonyl (C=O) groups excluding carboxylic acids is 3. The fourth-order valence-corrected chi connectivity index (χ4v) is 6.33. The van der Waals surface area contributed by atoms with Crippen molar-refractivity contribution >= 4 is 41.5 Å². The fourth-order valence-electron chi connectivity index (χ4n) is 5.52. The Kier molecular flexibility index (Phi) is 14.2. The third-order valence-corrected chi connectivity index (χ3v) is 9.03. The van der Waals surface area contributed by atoms with Gasteiger partial charge in [-0.2, -0.15) is 0 Å². The highest BCUT2D eigenvalue weighted by Gasteiger charge is 2.44. The number of hydrogen-bond acceptors (Lipinski definition) is 9. The Balaban J connectivity index is 0.00000552. The number of benzene rings is 1. The van der Waals surface area contributed by atoms with Gasteiger partial charge in [0.25, 0.3) is 0 Å². The van der Waals surface area contributed by atoms with Gasteiger partial charge < -0.3 is 35.4 Å². The van der Waals surface area contributed by atoms with Gasteiger partial charge >= 0.3 is 0 Å². The standard InChI is InChI=1S/C32H47N5O6S.ClH/c1-21-28(44-20-35-21)23-7-5-22(6-8-23)18-34-30(40)26-17-24(38)19-37(26)31(41)29(32(2,3)4)36-27(39)11-14-42-15-16-43-25-9-12-33-13-10-25;/h5-8,20,24-26,29,33,38H,9-19H2,1-4H3,(H,34,40)(H,36,39);1H/t24-,26+,29-;/m1./s1. The van der Waals surface area contributed by atoms with E-state index in [2.05, 4.69) is 20.9 Å². The minimum atomic E-state index is -0.874. The van der Waals surface area contributed by atoms with Crippen LogP contribution in [0.25, 0.3) is 10.4 Å². The van der Waals surface area contributed by atoms with Crippen molar-refractivity contribution in [3.8, 4) is 10.4 Å². The maximum atomic E-state index is 13.8. The van der Waals surface area contributed by atoms with Crippen LogP contribution < -0.4 is 16.0 Å². The van der Waals surface area contributed by atoms with E-state index in [1.807, 2.05) is 57.5 Å². The molecular weight excluding hydrogens is 618 g/mol. The van der Waals surface area contributed by atoms with E-state index in [-0.39, 0.29) is 68.8 Å². The summed E-state index contributed by atoms with van der Waals surface area (Å²) in [5.74, 6) is -1.03. The Bertz CT molecular complexity index is 1250. The largest absolute Gasteiger partial charge is 0.391 e. The number of halogens is 1. The first-order valence-corrected chi connectivity index (χ1v) is 16.4. The van der Waals surface area contributed by atoms with Gasteiger partial charge in [0.1, 0.15) is 12.1 Å². The number of thiazole rings is 1. The SMILES string of the molecule is Cc1ncsc1-c1ccc(CNC(=O)[C@@H]2C[C@@H](O)CN2C(=O)[C@@H](NC(=O)CCOCCOC2CCNCC2)C(C)(C)C)cc1.Cl. The predicted molar refractivity (Wildman–Crippen MR) is 176 cm³/mol. The molecule has 3 heterocycles. The maximum absolute atomic E-state index is 13.8. The average molecular weight is 666 g/mol. The van der Waals surface area contributed by atoms with E-state index in [0.717, 1.165) is 47.6 Å². The van der Waals surface area contributed by atoms with Crippen LogP contribution in [-0.4, -0.2) is 96.5 Å². The van der Waals surface area contributed by atoms with Gasteiger partial charge in [-0.1, -0.05) is 45.0 Å². The van der Waals surface area contributed by atoms with Gasteiger partial charge in [0.05, 0.1) is 48.1 Å². The van der Waals surface area contributed by atoms with Crippen molar-refractivity contribution in [1.82, 2.24) is 25.8 Å². The van der Waals surface area contributed by atoms with E-state index in [4.69, 9.17) is 9.47 Å². The van der Waals surface area contributed by atoms with Gasteiger partial charge in [-0.15, -0.1) is 23.7 Å². The molecule has 45 heavy (non-hydrogen) atoms. The minimum Gasteiger partial charge on any atom is -0.391 e. The Hall–Kier alpha value is -2.61. The second kappa shape index (κ2) is 17.3. The highest BCUT2D eigenvalue weighted by molar-refractivity contribution is 7.13. The summed E-state index contributed by atoms with van der Waals surface area (Å²) in [6, 6.07) is 6.21. The molecule has 0 saturated carbocycles. The van der Waals surface area contributed by atoms with Gasteiger partial charge in [0.2, 0.25) is 17.7 Å². The number of β-amino-alcohol motifs (C(OH)–C–C–N with tert-alkyl or cyclic N) is 1. The number of rotatable bonds is 13. The molecule has 250 valence electrons. The number of nitrogens with one attached hydrogen (secondary N) is 3. The van der Waals surface area contributed by atoms with Crippen molar-refractivity contribution in [2.24, 2.45) is 5.41 Å². The number of nitrogens with zero attached hydrogens (tertiary/aromatic N) is 2. The van der Waals surface area contributed by atoms with Crippen molar-refractivity contribution in [3.05, 3.63) is 41.0 Å². The number of ether oxygens (including phenoxy) is 2. The summed E-state index contributed by atoms with van der Waals surface area (Å²) in [5.41, 5.74) is 4.16. The summed E-state index contributed by atoms with van der Waals surface area (Å²) >= 11 is 1.58. The summed E-state index contributed by atoms with van der Waals surface area (Å²) in [4.78, 5) is 46.7. The quantitative estimate of drug-likeness (QED) is 0.240. The lowest BCUT2D eigenvalue weighted by atomic mass is 9.85. The molecule has 3 atom stereocenters. The number of aryl methyl sites for hydroxylation is 1. The fraction of sp³-hybridized carbons (Fsp3) is 0.625. The highest BCUT2D eigenvalue weighted by atomic mass is 35.5. The van der Waals surface area contributed by atoms with Crippen LogP contribution in [0.2, 0.25) is 0 Å². The zero-order chi connectivity index (χ0) is 31.7. The molecule has 2 aliphatic heterocycles. The van der Waals surface area contributed by atoms with Gasteiger partial charge in [0, 0.05) is 25.9 Å². The number of likely N-dealkylation sites (tertiary alicyclic amines) is 1. The van der Waals surface area contributed by atoms with Gasteiger partial charge in [-0.05, 0) is 49.4 Å². The second-order valence-corrected chi connectivity index (χ2v) is 13.5. The van der Waals surface area contributed by atoms with E-state index >= 15 is 0 Å². The van der Waals surface area contributed by atoms with E-state index in [1.165, 1.54) is 4.90 Å². The summed E-state index contributed by atoms with van der Waals surface area (Å²) < 4.78 is 11.4. The highest BCUT2D eigenvalue weighted by Crippen LogP contribution is 2.28. The topological polar surface area (TPSA) is 142 Å². The summed E-state index contributed by atoms with van der Waals surface area (Å²) in [6.45, 7) is 10.9. The summed E-state index contributed by atoms with van der Waals surface area (Å²) in [6.07, 6.45) is 1.64. The molecule has 2 saturated heterocycles. The van der Waals surface area contributed by atoms with Crippen LogP contribution in [0, 0.1) is 12.3 Å². The molecule has 4 rings (SSSR count). The van der Waals surface area contributed by atoms with Crippen LogP contribution in [-0.2, 0) is 30.4 Å². The molecule has 0 unspecified atom stereocenters. The van der Waals surface area contributed by atoms with Crippen molar-refractivity contribution in [2.75, 3.05) is 39.5 Å². The number of hydrogen-bond donors (Lipinski definition) is 4. The van der Waals surface area contributed by atoms with E-state index in [1.54, 1.807) is 11.3 Å². The van der Waals surface area contributed by atoms with Crippen LogP contribution in [0.3, 0.4) is 0 Å². The molecule has 13 heteroatoms. The van der Waals surface area contributed by atoms with Crippen LogP contribution in [0.5, 0.6) is 0 Å². The number of carbonyl (C=O) groups is 3. The van der Waals surface area contributed by atoms with Gasteiger partial charge in [0.15, 0.2) is 0 Å². The number of amides is 3. The molecular formula is C32H48ClN5O6S. The van der Waals surface area contributed by atoms with Crippen LogP contribution in [0.4, 0.5) is 0 Å². The Morgan fingerprint density at radius 1 is 1.13 bits per heavy atom. The number of aliphatic hydroxyl groups excluding tert-OH is 1. The molecule has 0 spiro atoms. The average Bonchev–Trinajstić information content (AvgIpc) is 3.61. The first-order chi connectivity index (χ1) is 21.0. The Morgan fingerprint density at radius 3 is 2.49 bits per heavy atom. The minimum absolute atomic E-state index is 0. The maximum Gasteiger partial charge on any atom is 0.246 e. The van der Waals surface area contributed by atoms with Crippen molar-refractivity contribution in [2.45, 2.75) is 84.2 Å². The van der Waals surface area contributed by atoms with Crippen LogP contribution >= 0.6 is 23.7 Å². The molecule has 1 aromatic heterocycles. The molecule has 4 N–H and O–H groups in total. The normalized spacial score (nSPS) is 19.5. The molecule has 11 nitrogen and oxygen atoms in total. The molecule has 3 amide bonds. The first kappa shape index (κ1) is 36.9. The van der Waals surface area contributed by atoms with Crippen molar-refractivity contribution in [3.63, 3.8) is 0 Å². The zero-order valence-electron chi connectivity index (χ0n) is 26.7. The lowest BCUT2D eigenvalue weighted by Gasteiger charge is -2.35. The van der Waals surface area contributed by atoms with E-state index < -0.39 is 23.6 Å². The predicted octanol–water partition coefficient (Wildman–Crippen LogP) is 2.82. The monoisotopic (exact) mass is 665 g/mol. The smallest absolute Gasteiger partial charge is 0.246 e. The molecule has 0 aliphatic carbocycles. The van der Waals surface area contributed by atoms with Gasteiger partial charge in [-0.25, -0.2) is 4.98 Å². The number of aromatic nitrogens is 1. The zero-order valence-corrected chi connectivity index (χ0v) is 28.3. The number of piperidine rings is 1.